The molecule has 0 unspecified atom stereocenters. The van der Waals surface area contributed by atoms with E-state index in [-0.39, 0.29) is 17.7 Å². The lowest BCUT2D eigenvalue weighted by molar-refractivity contribution is -0.140. The quantitative estimate of drug-likeness (QED) is 0.403. The third-order valence-electron chi connectivity index (χ3n) is 5.27. The summed E-state index contributed by atoms with van der Waals surface area (Å²) in [6.07, 6.45) is 10.2. The Kier molecular flexibility index (Phi) is 10.2. The highest BCUT2D eigenvalue weighted by atomic mass is 16.5. The first-order valence-corrected chi connectivity index (χ1v) is 10.7. The van der Waals surface area contributed by atoms with E-state index in [2.05, 4.69) is 4.74 Å². The first-order valence-electron chi connectivity index (χ1n) is 10.7. The molecule has 1 aromatic carbocycles. The Hall–Kier alpha value is -2.43. The standard InChI is InChI=1S/C24H33NO4/c1-29-24(28)15-7-2-3-10-18-25-21(13-8-9-14-23(25)27)16-17-22(26)19-20-11-5-4-6-12-20/h4-6,11-12,16H,2-3,7-10,13-15,17-19H2,1H3. The zero-order valence-electron chi connectivity index (χ0n) is 17.5. The fourth-order valence-electron chi connectivity index (χ4n) is 3.62. The Morgan fingerprint density at radius 1 is 1.03 bits per heavy atom. The normalized spacial score (nSPS) is 16.0. The van der Waals surface area contributed by atoms with Crippen molar-refractivity contribution < 1.29 is 19.1 Å². The molecule has 1 aromatic rings. The SMILES string of the molecule is COC(=O)CCCCCCN1C(=O)CCCCC1=CCC(=O)Cc1ccccc1. The summed E-state index contributed by atoms with van der Waals surface area (Å²) in [5.41, 5.74) is 2.03. The molecular weight excluding hydrogens is 366 g/mol. The van der Waals surface area contributed by atoms with Crippen LogP contribution in [0.2, 0.25) is 0 Å². The molecule has 5 heteroatoms. The van der Waals surface area contributed by atoms with Gasteiger partial charge in [-0.2, -0.15) is 0 Å². The van der Waals surface area contributed by atoms with Gasteiger partial charge in [-0.1, -0.05) is 49.2 Å². The Morgan fingerprint density at radius 3 is 2.52 bits per heavy atom. The summed E-state index contributed by atoms with van der Waals surface area (Å²) in [6, 6.07) is 9.76. The van der Waals surface area contributed by atoms with Crippen LogP contribution in [-0.4, -0.2) is 36.2 Å². The molecule has 1 amide bonds. The van der Waals surface area contributed by atoms with Gasteiger partial charge in [-0.05, 0) is 37.7 Å². The molecular formula is C24H33NO4. The Morgan fingerprint density at radius 2 is 1.76 bits per heavy atom. The average molecular weight is 400 g/mol. The van der Waals surface area contributed by atoms with Crippen molar-refractivity contribution in [2.45, 2.75) is 70.6 Å². The van der Waals surface area contributed by atoms with Crippen LogP contribution in [0.1, 0.15) is 69.8 Å². The van der Waals surface area contributed by atoms with Crippen LogP contribution < -0.4 is 0 Å². The topological polar surface area (TPSA) is 63.7 Å². The van der Waals surface area contributed by atoms with Crippen molar-refractivity contribution in [3.05, 3.63) is 47.7 Å². The number of carbonyl (C=O) groups is 3. The molecule has 0 aliphatic carbocycles. The van der Waals surface area contributed by atoms with Gasteiger partial charge in [0.1, 0.15) is 5.78 Å². The predicted molar refractivity (Wildman–Crippen MR) is 113 cm³/mol. The van der Waals surface area contributed by atoms with Gasteiger partial charge in [0.15, 0.2) is 0 Å². The maximum absolute atomic E-state index is 12.5. The van der Waals surface area contributed by atoms with E-state index in [1.165, 1.54) is 7.11 Å². The van der Waals surface area contributed by atoms with Crippen LogP contribution in [0, 0.1) is 0 Å². The van der Waals surface area contributed by atoms with E-state index >= 15 is 0 Å². The number of allylic oxidation sites excluding steroid dienone is 2. The van der Waals surface area contributed by atoms with Crippen LogP contribution in [0.25, 0.3) is 0 Å². The summed E-state index contributed by atoms with van der Waals surface area (Å²) in [7, 11) is 1.41. The number of ether oxygens (including phenoxy) is 1. The highest BCUT2D eigenvalue weighted by Crippen LogP contribution is 2.22. The number of nitrogens with zero attached hydrogens (tertiary/aromatic N) is 1. The lowest BCUT2D eigenvalue weighted by Gasteiger charge is -2.24. The lowest BCUT2D eigenvalue weighted by Crippen LogP contribution is -2.30. The summed E-state index contributed by atoms with van der Waals surface area (Å²) in [5, 5.41) is 0. The van der Waals surface area contributed by atoms with Crippen LogP contribution in [0.15, 0.2) is 42.1 Å². The molecule has 1 fully saturated rings. The third-order valence-corrected chi connectivity index (χ3v) is 5.27. The van der Waals surface area contributed by atoms with Gasteiger partial charge in [0.2, 0.25) is 5.91 Å². The molecule has 0 spiro atoms. The van der Waals surface area contributed by atoms with Gasteiger partial charge in [0, 0.05) is 37.9 Å². The second kappa shape index (κ2) is 12.9. The number of ketones is 1. The smallest absolute Gasteiger partial charge is 0.305 e. The Balaban J connectivity index is 1.84. The Labute approximate surface area is 174 Å². The fraction of sp³-hybridized carbons (Fsp3) is 0.542. The second-order valence-electron chi connectivity index (χ2n) is 7.59. The van der Waals surface area contributed by atoms with Crippen LogP contribution >= 0.6 is 0 Å². The van der Waals surface area contributed by atoms with E-state index in [1.807, 2.05) is 41.3 Å². The van der Waals surface area contributed by atoms with E-state index in [1.54, 1.807) is 0 Å². The number of amides is 1. The molecule has 1 heterocycles. The number of hydrogen-bond donors (Lipinski definition) is 0. The summed E-state index contributed by atoms with van der Waals surface area (Å²) in [6.45, 7) is 0.690. The highest BCUT2D eigenvalue weighted by molar-refractivity contribution is 5.83. The van der Waals surface area contributed by atoms with E-state index in [4.69, 9.17) is 0 Å². The number of methoxy groups -OCH3 is 1. The zero-order chi connectivity index (χ0) is 20.9. The van der Waals surface area contributed by atoms with Crippen molar-refractivity contribution in [3.63, 3.8) is 0 Å². The van der Waals surface area contributed by atoms with Crippen LogP contribution in [0.3, 0.4) is 0 Å². The summed E-state index contributed by atoms with van der Waals surface area (Å²) in [5.74, 6) is 0.167. The number of esters is 1. The molecule has 5 nitrogen and oxygen atoms in total. The minimum Gasteiger partial charge on any atom is -0.469 e. The van der Waals surface area contributed by atoms with Crippen molar-refractivity contribution in [1.82, 2.24) is 4.90 Å². The molecule has 29 heavy (non-hydrogen) atoms. The van der Waals surface area contributed by atoms with Crippen molar-refractivity contribution in [2.75, 3.05) is 13.7 Å². The van der Waals surface area contributed by atoms with Crippen LogP contribution in [-0.2, 0) is 25.5 Å². The largest absolute Gasteiger partial charge is 0.469 e. The minimum absolute atomic E-state index is 0.166. The number of rotatable bonds is 11. The number of unbranched alkanes of at least 4 members (excludes halogenated alkanes) is 3. The summed E-state index contributed by atoms with van der Waals surface area (Å²) >= 11 is 0. The summed E-state index contributed by atoms with van der Waals surface area (Å²) < 4.78 is 4.65. The number of likely N-dealkylation sites (tertiary alicyclic amines) is 1. The molecule has 0 N–H and O–H groups in total. The number of carbonyl (C=O) groups excluding carboxylic acids is 3. The number of benzene rings is 1. The first kappa shape index (κ1) is 22.9. The minimum atomic E-state index is -0.168. The number of hydrogen-bond acceptors (Lipinski definition) is 4. The maximum atomic E-state index is 12.5. The van der Waals surface area contributed by atoms with Gasteiger partial charge in [-0.3, -0.25) is 14.4 Å². The maximum Gasteiger partial charge on any atom is 0.305 e. The zero-order valence-corrected chi connectivity index (χ0v) is 17.5. The van der Waals surface area contributed by atoms with Crippen LogP contribution in [0.5, 0.6) is 0 Å². The Bertz CT molecular complexity index is 696. The average Bonchev–Trinajstić information content (AvgIpc) is 2.90. The van der Waals surface area contributed by atoms with Crippen LogP contribution in [0.4, 0.5) is 0 Å². The van der Waals surface area contributed by atoms with Gasteiger partial charge >= 0.3 is 5.97 Å². The molecule has 0 bridgehead atoms. The fourth-order valence-corrected chi connectivity index (χ4v) is 3.62. The predicted octanol–water partition coefficient (Wildman–Crippen LogP) is 4.60. The second-order valence-corrected chi connectivity index (χ2v) is 7.59. The van der Waals surface area contributed by atoms with Crippen molar-refractivity contribution in [2.24, 2.45) is 0 Å². The van der Waals surface area contributed by atoms with E-state index in [0.717, 1.165) is 56.2 Å². The molecule has 1 aliphatic heterocycles. The van der Waals surface area contributed by atoms with Crippen molar-refractivity contribution in [3.8, 4) is 0 Å². The van der Waals surface area contributed by atoms with Gasteiger partial charge in [-0.25, -0.2) is 0 Å². The molecule has 0 saturated carbocycles. The molecule has 0 atom stereocenters. The molecule has 1 saturated heterocycles. The molecule has 1 aliphatic rings. The van der Waals surface area contributed by atoms with E-state index in [0.29, 0.717) is 32.2 Å². The molecule has 158 valence electrons. The first-order chi connectivity index (χ1) is 14.1. The monoisotopic (exact) mass is 399 g/mol. The summed E-state index contributed by atoms with van der Waals surface area (Å²) in [4.78, 5) is 37.9. The van der Waals surface area contributed by atoms with Gasteiger partial charge < -0.3 is 9.64 Å². The van der Waals surface area contributed by atoms with Gasteiger partial charge in [0.25, 0.3) is 0 Å². The highest BCUT2D eigenvalue weighted by Gasteiger charge is 2.20. The van der Waals surface area contributed by atoms with Gasteiger partial charge in [0.05, 0.1) is 7.11 Å². The van der Waals surface area contributed by atoms with Crippen molar-refractivity contribution in [1.29, 1.82) is 0 Å². The molecule has 0 radical (unpaired) electrons. The lowest BCUT2D eigenvalue weighted by atomic mass is 10.1. The third kappa shape index (κ3) is 8.63. The van der Waals surface area contributed by atoms with Crippen molar-refractivity contribution >= 4 is 17.7 Å². The van der Waals surface area contributed by atoms with E-state index in [9.17, 15) is 14.4 Å². The molecule has 2 rings (SSSR count). The van der Waals surface area contributed by atoms with E-state index < -0.39 is 0 Å². The number of Topliss-reactive ketones (excluding diaryl/α,β-unsaturated/α-hetero) is 1. The van der Waals surface area contributed by atoms with Gasteiger partial charge in [-0.15, -0.1) is 0 Å². The molecule has 0 aromatic heterocycles.